The Kier molecular flexibility index (Phi) is 5.65. The van der Waals surface area contributed by atoms with Gasteiger partial charge in [-0.1, -0.05) is 12.1 Å². The molecule has 2 heterocycles. The highest BCUT2D eigenvalue weighted by atomic mass is 32.2. The summed E-state index contributed by atoms with van der Waals surface area (Å²) in [5, 5.41) is 2.96. The van der Waals surface area contributed by atoms with Crippen LogP contribution in [0.25, 0.3) is 0 Å². The smallest absolute Gasteiger partial charge is 0.289 e. The second-order valence-electron chi connectivity index (χ2n) is 6.73. The molecule has 1 aliphatic heterocycles. The molecule has 1 aromatic heterocycles. The summed E-state index contributed by atoms with van der Waals surface area (Å²) in [6, 6.07) is 9.48. The number of piperidine rings is 1. The number of likely N-dealkylation sites (tertiary alicyclic amines) is 1. The van der Waals surface area contributed by atoms with Crippen LogP contribution in [0.2, 0.25) is 0 Å². The standard InChI is InChI=1S/C19H22N2O5S/c1-27(24,25)16-8-6-14(7-9-16)12-18(22)20-15-4-2-10-21(13-15)19(23)17-5-3-11-26-17/h3,5-9,11,15H,2,4,10,12-13H2,1H3,(H,20,22). The first-order valence-electron chi connectivity index (χ1n) is 8.74. The SMILES string of the molecule is CS(=O)(=O)c1ccc(CC(=O)NC2CCCN(C(=O)c3ccco3)C2)cc1. The summed E-state index contributed by atoms with van der Waals surface area (Å²) in [5.41, 5.74) is 0.735. The van der Waals surface area contributed by atoms with Crippen LogP contribution in [0.1, 0.15) is 29.0 Å². The number of rotatable bonds is 5. The Morgan fingerprint density at radius 3 is 2.59 bits per heavy atom. The van der Waals surface area contributed by atoms with E-state index in [-0.39, 0.29) is 29.2 Å². The van der Waals surface area contributed by atoms with Gasteiger partial charge in [-0.3, -0.25) is 9.59 Å². The number of furan rings is 1. The van der Waals surface area contributed by atoms with Gasteiger partial charge in [0, 0.05) is 25.4 Å². The van der Waals surface area contributed by atoms with Crippen LogP contribution in [0.3, 0.4) is 0 Å². The van der Waals surface area contributed by atoms with Gasteiger partial charge in [0.15, 0.2) is 15.6 Å². The van der Waals surface area contributed by atoms with Gasteiger partial charge >= 0.3 is 0 Å². The minimum atomic E-state index is -3.25. The molecule has 3 rings (SSSR count). The third-order valence-corrected chi connectivity index (χ3v) is 5.65. The molecule has 144 valence electrons. The number of carbonyl (C=O) groups is 2. The molecule has 0 bridgehead atoms. The van der Waals surface area contributed by atoms with Crippen molar-refractivity contribution in [3.8, 4) is 0 Å². The molecule has 0 spiro atoms. The molecular formula is C19H22N2O5S. The van der Waals surface area contributed by atoms with Crippen molar-refractivity contribution in [3.63, 3.8) is 0 Å². The Morgan fingerprint density at radius 1 is 1.22 bits per heavy atom. The fraction of sp³-hybridized carbons (Fsp3) is 0.368. The number of sulfone groups is 1. The van der Waals surface area contributed by atoms with E-state index in [9.17, 15) is 18.0 Å². The van der Waals surface area contributed by atoms with E-state index in [1.807, 2.05) is 0 Å². The van der Waals surface area contributed by atoms with Crippen LogP contribution in [-0.4, -0.2) is 50.5 Å². The van der Waals surface area contributed by atoms with Gasteiger partial charge < -0.3 is 14.6 Å². The molecule has 1 saturated heterocycles. The van der Waals surface area contributed by atoms with Crippen LogP contribution in [0, 0.1) is 0 Å². The second-order valence-corrected chi connectivity index (χ2v) is 8.74. The molecule has 0 aliphatic carbocycles. The van der Waals surface area contributed by atoms with Gasteiger partial charge in [0.05, 0.1) is 17.6 Å². The topological polar surface area (TPSA) is 96.7 Å². The first kappa shape index (κ1) is 19.2. The largest absolute Gasteiger partial charge is 0.459 e. The van der Waals surface area contributed by atoms with Crippen molar-refractivity contribution in [3.05, 3.63) is 54.0 Å². The van der Waals surface area contributed by atoms with Crippen molar-refractivity contribution in [2.24, 2.45) is 0 Å². The maximum absolute atomic E-state index is 12.4. The van der Waals surface area contributed by atoms with Crippen LogP contribution in [0.5, 0.6) is 0 Å². The molecule has 1 unspecified atom stereocenters. The average molecular weight is 390 g/mol. The fourth-order valence-electron chi connectivity index (χ4n) is 3.15. The average Bonchev–Trinajstić information content (AvgIpc) is 3.15. The summed E-state index contributed by atoms with van der Waals surface area (Å²) in [4.78, 5) is 26.6. The molecule has 27 heavy (non-hydrogen) atoms. The summed E-state index contributed by atoms with van der Waals surface area (Å²) in [6.07, 6.45) is 4.38. The van der Waals surface area contributed by atoms with Crippen molar-refractivity contribution in [1.29, 1.82) is 0 Å². The first-order chi connectivity index (χ1) is 12.8. The van der Waals surface area contributed by atoms with Crippen molar-refractivity contribution < 1.29 is 22.4 Å². The third-order valence-electron chi connectivity index (χ3n) is 4.52. The first-order valence-corrected chi connectivity index (χ1v) is 10.6. The van der Waals surface area contributed by atoms with Crippen LogP contribution >= 0.6 is 0 Å². The van der Waals surface area contributed by atoms with E-state index in [0.29, 0.717) is 18.8 Å². The van der Waals surface area contributed by atoms with E-state index in [0.717, 1.165) is 24.7 Å². The third kappa shape index (κ3) is 4.97. The van der Waals surface area contributed by atoms with Crippen molar-refractivity contribution in [2.45, 2.75) is 30.2 Å². The Bertz CT molecular complexity index is 904. The van der Waals surface area contributed by atoms with Gasteiger partial charge in [-0.25, -0.2) is 8.42 Å². The molecule has 8 heteroatoms. The predicted octanol–water partition coefficient (Wildman–Crippen LogP) is 1.65. The van der Waals surface area contributed by atoms with E-state index in [2.05, 4.69) is 5.32 Å². The summed E-state index contributed by atoms with van der Waals surface area (Å²) in [6.45, 7) is 1.08. The van der Waals surface area contributed by atoms with E-state index in [1.165, 1.54) is 18.4 Å². The monoisotopic (exact) mass is 390 g/mol. The number of nitrogens with one attached hydrogen (secondary N) is 1. The van der Waals surface area contributed by atoms with Gasteiger partial charge in [0.25, 0.3) is 5.91 Å². The van der Waals surface area contributed by atoms with Crippen molar-refractivity contribution in [1.82, 2.24) is 10.2 Å². The molecule has 1 N–H and O–H groups in total. The molecule has 0 radical (unpaired) electrons. The number of hydrogen-bond donors (Lipinski definition) is 1. The Hall–Kier alpha value is -2.61. The summed E-state index contributed by atoms with van der Waals surface area (Å²) in [7, 11) is -3.25. The number of benzene rings is 1. The van der Waals surface area contributed by atoms with Gasteiger partial charge in [-0.15, -0.1) is 0 Å². The number of nitrogens with zero attached hydrogens (tertiary/aromatic N) is 1. The molecule has 2 aromatic rings. The number of carbonyl (C=O) groups excluding carboxylic acids is 2. The van der Waals surface area contributed by atoms with Gasteiger partial charge in [-0.2, -0.15) is 0 Å². The van der Waals surface area contributed by atoms with E-state index in [1.54, 1.807) is 29.2 Å². The molecule has 1 fully saturated rings. The van der Waals surface area contributed by atoms with E-state index >= 15 is 0 Å². The van der Waals surface area contributed by atoms with Gasteiger partial charge in [-0.05, 0) is 42.7 Å². The number of hydrogen-bond acceptors (Lipinski definition) is 5. The highest BCUT2D eigenvalue weighted by molar-refractivity contribution is 7.90. The quantitative estimate of drug-likeness (QED) is 0.837. The van der Waals surface area contributed by atoms with Gasteiger partial charge in [0.1, 0.15) is 0 Å². The predicted molar refractivity (Wildman–Crippen MR) is 99.0 cm³/mol. The molecule has 1 aromatic carbocycles. The Morgan fingerprint density at radius 2 is 1.96 bits per heavy atom. The van der Waals surface area contributed by atoms with Crippen molar-refractivity contribution >= 4 is 21.7 Å². The number of amides is 2. The van der Waals surface area contributed by atoms with E-state index in [4.69, 9.17) is 4.42 Å². The fourth-order valence-corrected chi connectivity index (χ4v) is 3.78. The second kappa shape index (κ2) is 7.96. The highest BCUT2D eigenvalue weighted by Gasteiger charge is 2.26. The zero-order valence-corrected chi connectivity index (χ0v) is 15.9. The lowest BCUT2D eigenvalue weighted by Crippen LogP contribution is -2.49. The zero-order chi connectivity index (χ0) is 19.4. The maximum Gasteiger partial charge on any atom is 0.289 e. The van der Waals surface area contributed by atoms with Crippen LogP contribution < -0.4 is 5.32 Å². The summed E-state index contributed by atoms with van der Waals surface area (Å²) < 4.78 is 28.1. The molecule has 1 aliphatic rings. The van der Waals surface area contributed by atoms with Crippen molar-refractivity contribution in [2.75, 3.05) is 19.3 Å². The highest BCUT2D eigenvalue weighted by Crippen LogP contribution is 2.15. The maximum atomic E-state index is 12.4. The lowest BCUT2D eigenvalue weighted by Gasteiger charge is -2.32. The Labute approximate surface area is 158 Å². The summed E-state index contributed by atoms with van der Waals surface area (Å²) in [5.74, 6) is -0.0253. The minimum absolute atomic E-state index is 0.111. The Balaban J connectivity index is 1.55. The summed E-state index contributed by atoms with van der Waals surface area (Å²) >= 11 is 0. The lowest BCUT2D eigenvalue weighted by atomic mass is 10.0. The molecule has 1 atom stereocenters. The molecule has 0 saturated carbocycles. The zero-order valence-electron chi connectivity index (χ0n) is 15.1. The van der Waals surface area contributed by atoms with E-state index < -0.39 is 9.84 Å². The van der Waals surface area contributed by atoms with Gasteiger partial charge in [0.2, 0.25) is 5.91 Å². The molecule has 7 nitrogen and oxygen atoms in total. The molecular weight excluding hydrogens is 368 g/mol. The molecule has 2 amide bonds. The lowest BCUT2D eigenvalue weighted by molar-refractivity contribution is -0.121. The van der Waals surface area contributed by atoms with Crippen LogP contribution in [-0.2, 0) is 21.1 Å². The van der Waals surface area contributed by atoms with Crippen LogP contribution in [0.4, 0.5) is 0 Å². The van der Waals surface area contributed by atoms with Crippen LogP contribution in [0.15, 0.2) is 52.0 Å². The minimum Gasteiger partial charge on any atom is -0.459 e. The normalized spacial score (nSPS) is 17.5.